The number of ether oxygens (including phenoxy) is 1. The Morgan fingerprint density at radius 2 is 2.25 bits per heavy atom. The number of alkyl halides is 2. The van der Waals surface area contributed by atoms with Crippen molar-refractivity contribution in [2.24, 2.45) is 0 Å². The van der Waals surface area contributed by atoms with Crippen LogP contribution in [-0.2, 0) is 16.0 Å². The number of aryl methyl sites for hydroxylation is 1. The Hall–Kier alpha value is -1.23. The summed E-state index contributed by atoms with van der Waals surface area (Å²) in [4.78, 5) is 14.8. The molecule has 1 aromatic rings. The number of rotatable bonds is 3. The van der Waals surface area contributed by atoms with E-state index in [1.807, 2.05) is 0 Å². The number of nitrogens with zero attached hydrogens (tertiary/aromatic N) is 1. The molecule has 0 aliphatic heterocycles. The van der Waals surface area contributed by atoms with Crippen LogP contribution in [0.2, 0.25) is 5.15 Å². The highest BCUT2D eigenvalue weighted by Crippen LogP contribution is 2.30. The Bertz CT molecular complexity index is 410. The van der Waals surface area contributed by atoms with Gasteiger partial charge in [-0.3, -0.25) is 4.79 Å². The van der Waals surface area contributed by atoms with Gasteiger partial charge in [0.1, 0.15) is 5.15 Å². The fourth-order valence-electron chi connectivity index (χ4n) is 1.31. The average Bonchev–Trinajstić information content (AvgIpc) is 2.15. The number of carbonyl (C=O) groups is 1. The smallest absolute Gasteiger partial charge is 0.309 e. The number of carbonyl (C=O) groups excluding carboxylic acids is 1. The van der Waals surface area contributed by atoms with Crippen molar-refractivity contribution in [2.45, 2.75) is 19.8 Å². The molecule has 0 atom stereocenters. The molecule has 0 saturated heterocycles. The number of hydrogen-bond donors (Lipinski definition) is 0. The third kappa shape index (κ3) is 2.88. The molecule has 88 valence electrons. The SMILES string of the molecule is COC(=O)Cc1cc(C)nc(Cl)c1C(F)F. The average molecular weight is 250 g/mol. The molecule has 0 aliphatic carbocycles. The third-order valence-electron chi connectivity index (χ3n) is 2.01. The summed E-state index contributed by atoms with van der Waals surface area (Å²) in [5, 5.41) is -0.270. The van der Waals surface area contributed by atoms with E-state index in [1.165, 1.54) is 13.2 Å². The molecule has 16 heavy (non-hydrogen) atoms. The van der Waals surface area contributed by atoms with Crippen LogP contribution in [0.3, 0.4) is 0 Å². The van der Waals surface area contributed by atoms with E-state index < -0.39 is 18.0 Å². The molecule has 3 nitrogen and oxygen atoms in total. The summed E-state index contributed by atoms with van der Waals surface area (Å²) in [5.74, 6) is -0.594. The Kier molecular flexibility index (Phi) is 4.18. The van der Waals surface area contributed by atoms with Crippen LogP contribution in [0.1, 0.15) is 23.2 Å². The summed E-state index contributed by atoms with van der Waals surface area (Å²) in [5.41, 5.74) is 0.227. The van der Waals surface area contributed by atoms with Crippen molar-refractivity contribution in [1.29, 1.82) is 0 Å². The maximum atomic E-state index is 12.7. The fourth-order valence-corrected chi connectivity index (χ4v) is 1.65. The van der Waals surface area contributed by atoms with Gasteiger partial charge in [-0.25, -0.2) is 13.8 Å². The Labute approximate surface area is 96.4 Å². The number of halogens is 3. The lowest BCUT2D eigenvalue weighted by Crippen LogP contribution is -2.09. The lowest BCUT2D eigenvalue weighted by atomic mass is 10.1. The van der Waals surface area contributed by atoms with Gasteiger partial charge in [-0.15, -0.1) is 0 Å². The minimum absolute atomic E-state index is 0.152. The zero-order valence-electron chi connectivity index (χ0n) is 8.76. The predicted octanol–water partition coefficient (Wildman–Crippen LogP) is 2.70. The second kappa shape index (κ2) is 5.21. The van der Waals surface area contributed by atoms with Crippen molar-refractivity contribution in [1.82, 2.24) is 4.98 Å². The molecular weight excluding hydrogens is 240 g/mol. The van der Waals surface area contributed by atoms with Gasteiger partial charge < -0.3 is 4.74 Å². The quantitative estimate of drug-likeness (QED) is 0.611. The first-order valence-electron chi connectivity index (χ1n) is 4.46. The van der Waals surface area contributed by atoms with Crippen molar-refractivity contribution < 1.29 is 18.3 Å². The molecule has 0 aromatic carbocycles. The van der Waals surface area contributed by atoms with Gasteiger partial charge in [0.05, 0.1) is 19.1 Å². The van der Waals surface area contributed by atoms with Crippen LogP contribution >= 0.6 is 11.6 Å². The summed E-state index contributed by atoms with van der Waals surface area (Å²) >= 11 is 5.61. The summed E-state index contributed by atoms with van der Waals surface area (Å²) in [7, 11) is 1.19. The normalized spacial score (nSPS) is 10.6. The largest absolute Gasteiger partial charge is 0.469 e. The first kappa shape index (κ1) is 12.8. The van der Waals surface area contributed by atoms with E-state index in [-0.39, 0.29) is 17.1 Å². The molecule has 1 rings (SSSR count). The van der Waals surface area contributed by atoms with Crippen LogP contribution in [0.25, 0.3) is 0 Å². The maximum absolute atomic E-state index is 12.7. The molecule has 6 heteroatoms. The summed E-state index contributed by atoms with van der Waals surface area (Å²) in [6.07, 6.45) is -3.00. The van der Waals surface area contributed by atoms with Gasteiger partial charge >= 0.3 is 5.97 Å². The van der Waals surface area contributed by atoms with Crippen LogP contribution in [0, 0.1) is 6.92 Å². The number of pyridine rings is 1. The molecule has 0 radical (unpaired) electrons. The highest BCUT2D eigenvalue weighted by molar-refractivity contribution is 6.30. The molecule has 0 spiro atoms. The first-order chi connectivity index (χ1) is 7.45. The van der Waals surface area contributed by atoms with E-state index in [2.05, 4.69) is 9.72 Å². The monoisotopic (exact) mass is 249 g/mol. The Morgan fingerprint density at radius 1 is 1.62 bits per heavy atom. The number of hydrogen-bond acceptors (Lipinski definition) is 3. The second-order valence-corrected chi connectivity index (χ2v) is 3.54. The highest BCUT2D eigenvalue weighted by Gasteiger charge is 2.20. The Morgan fingerprint density at radius 3 is 2.75 bits per heavy atom. The molecule has 0 amide bonds. The topological polar surface area (TPSA) is 39.2 Å². The van der Waals surface area contributed by atoms with Gasteiger partial charge in [-0.1, -0.05) is 11.6 Å². The molecule has 1 aromatic heterocycles. The molecule has 0 bridgehead atoms. The predicted molar refractivity (Wildman–Crippen MR) is 54.7 cm³/mol. The number of esters is 1. The van der Waals surface area contributed by atoms with Crippen molar-refractivity contribution in [3.8, 4) is 0 Å². The van der Waals surface area contributed by atoms with E-state index in [0.29, 0.717) is 5.69 Å². The summed E-state index contributed by atoms with van der Waals surface area (Å²) in [6.45, 7) is 1.61. The van der Waals surface area contributed by atoms with Gasteiger partial charge in [0.15, 0.2) is 0 Å². The van der Waals surface area contributed by atoms with Gasteiger partial charge in [-0.05, 0) is 18.6 Å². The number of aromatic nitrogens is 1. The van der Waals surface area contributed by atoms with Crippen LogP contribution in [0.5, 0.6) is 0 Å². The minimum atomic E-state index is -2.76. The molecule has 0 saturated carbocycles. The molecule has 0 unspecified atom stereocenters. The van der Waals surface area contributed by atoms with Gasteiger partial charge in [0, 0.05) is 5.69 Å². The van der Waals surface area contributed by atoms with Gasteiger partial charge in [0.2, 0.25) is 0 Å². The van der Waals surface area contributed by atoms with Crippen LogP contribution < -0.4 is 0 Å². The van der Waals surface area contributed by atoms with Crippen LogP contribution in [0.4, 0.5) is 8.78 Å². The van der Waals surface area contributed by atoms with Crippen molar-refractivity contribution in [3.63, 3.8) is 0 Å². The number of methoxy groups -OCH3 is 1. The maximum Gasteiger partial charge on any atom is 0.309 e. The minimum Gasteiger partial charge on any atom is -0.469 e. The molecule has 0 N–H and O–H groups in total. The van der Waals surface area contributed by atoms with Crippen LogP contribution in [-0.4, -0.2) is 18.1 Å². The molecule has 0 fully saturated rings. The van der Waals surface area contributed by atoms with E-state index in [1.54, 1.807) is 6.92 Å². The summed E-state index contributed by atoms with van der Waals surface area (Å²) in [6, 6.07) is 1.41. The van der Waals surface area contributed by atoms with E-state index in [0.717, 1.165) is 0 Å². The molecule has 0 aliphatic rings. The highest BCUT2D eigenvalue weighted by atomic mass is 35.5. The third-order valence-corrected chi connectivity index (χ3v) is 2.29. The van der Waals surface area contributed by atoms with Crippen LogP contribution in [0.15, 0.2) is 6.07 Å². The zero-order valence-corrected chi connectivity index (χ0v) is 9.52. The fraction of sp³-hybridized carbons (Fsp3) is 0.400. The van der Waals surface area contributed by atoms with E-state index in [4.69, 9.17) is 11.6 Å². The van der Waals surface area contributed by atoms with E-state index in [9.17, 15) is 13.6 Å². The lowest BCUT2D eigenvalue weighted by molar-refractivity contribution is -0.139. The standard InChI is InChI=1S/C10H10ClF2NO2/c1-5-3-6(4-7(15)16-2)8(10(12)13)9(11)14-5/h3,10H,4H2,1-2H3. The molecular formula is C10H10ClF2NO2. The first-order valence-corrected chi connectivity index (χ1v) is 4.84. The second-order valence-electron chi connectivity index (χ2n) is 3.18. The van der Waals surface area contributed by atoms with Gasteiger partial charge in [0.25, 0.3) is 6.43 Å². The van der Waals surface area contributed by atoms with Gasteiger partial charge in [-0.2, -0.15) is 0 Å². The molecule has 1 heterocycles. The van der Waals surface area contributed by atoms with E-state index >= 15 is 0 Å². The van der Waals surface area contributed by atoms with Crippen molar-refractivity contribution in [2.75, 3.05) is 7.11 Å². The van der Waals surface area contributed by atoms with Crippen molar-refractivity contribution >= 4 is 17.6 Å². The summed E-state index contributed by atoms with van der Waals surface area (Å²) < 4.78 is 29.8. The van der Waals surface area contributed by atoms with Crippen molar-refractivity contribution in [3.05, 3.63) is 28.0 Å². The Balaban J connectivity index is 3.18. The lowest BCUT2D eigenvalue weighted by Gasteiger charge is -2.10. The zero-order chi connectivity index (χ0) is 12.3.